The van der Waals surface area contributed by atoms with E-state index in [0.717, 1.165) is 23.6 Å². The Hall–Kier alpha value is -4.28. The molecule has 3 aromatic carbocycles. The molecule has 0 aromatic heterocycles. The monoisotopic (exact) mass is 542 g/mol. The van der Waals surface area contributed by atoms with E-state index < -0.39 is 36.0 Å². The molecule has 0 spiro atoms. The van der Waals surface area contributed by atoms with E-state index >= 15 is 0 Å². The maximum Gasteiger partial charge on any atom is 0.416 e. The van der Waals surface area contributed by atoms with Crippen LogP contribution in [0.3, 0.4) is 0 Å². The summed E-state index contributed by atoms with van der Waals surface area (Å²) in [7, 11) is 1.60. The number of aliphatic carboxylic acids is 1. The maximum absolute atomic E-state index is 15.0. The van der Waals surface area contributed by atoms with Gasteiger partial charge in [0.25, 0.3) is 0 Å². The van der Waals surface area contributed by atoms with Crippen LogP contribution in [0, 0.1) is 5.82 Å². The number of fused-ring (bicyclic) bond motifs is 1. The number of ether oxygens (including phenoxy) is 1. The molecule has 11 heteroatoms. The fourth-order valence-corrected chi connectivity index (χ4v) is 5.02. The smallest absolute Gasteiger partial charge is 0.416 e. The quantitative estimate of drug-likeness (QED) is 0.418. The third kappa shape index (κ3) is 5.34. The third-order valence-corrected chi connectivity index (χ3v) is 6.94. The zero-order valence-electron chi connectivity index (χ0n) is 21.0. The second kappa shape index (κ2) is 10.5. The Balaban J connectivity index is 1.53. The summed E-state index contributed by atoms with van der Waals surface area (Å²) in [6, 6.07) is 15.6. The summed E-state index contributed by atoms with van der Waals surface area (Å²) in [5.74, 6) is -0.703. The summed E-state index contributed by atoms with van der Waals surface area (Å²) in [6.07, 6.45) is -4.93. The lowest BCUT2D eigenvalue weighted by Crippen LogP contribution is -2.55. The van der Waals surface area contributed by atoms with E-state index in [1.54, 1.807) is 18.1 Å². The summed E-state index contributed by atoms with van der Waals surface area (Å²) in [6.45, 7) is 2.11. The molecular formula is C28H26F4N4O3. The minimum Gasteiger partial charge on any atom is -0.497 e. The predicted octanol–water partition coefficient (Wildman–Crippen LogP) is 5.70. The highest BCUT2D eigenvalue weighted by molar-refractivity contribution is 6.01. The molecule has 0 saturated carbocycles. The second-order valence-electron chi connectivity index (χ2n) is 9.29. The average Bonchev–Trinajstić information content (AvgIpc) is 2.93. The fourth-order valence-electron chi connectivity index (χ4n) is 5.02. The highest BCUT2D eigenvalue weighted by atomic mass is 19.4. The van der Waals surface area contributed by atoms with Crippen molar-refractivity contribution in [3.05, 3.63) is 83.7 Å². The highest BCUT2D eigenvalue weighted by Crippen LogP contribution is 2.42. The number of rotatable bonds is 5. The molecule has 7 nitrogen and oxygen atoms in total. The largest absolute Gasteiger partial charge is 0.497 e. The van der Waals surface area contributed by atoms with E-state index in [-0.39, 0.29) is 5.69 Å². The van der Waals surface area contributed by atoms with E-state index in [0.29, 0.717) is 43.4 Å². The average molecular weight is 543 g/mol. The lowest BCUT2D eigenvalue weighted by atomic mass is 9.97. The summed E-state index contributed by atoms with van der Waals surface area (Å²) in [4.78, 5) is 22.2. The van der Waals surface area contributed by atoms with Crippen LogP contribution < -0.4 is 14.5 Å². The van der Waals surface area contributed by atoms with E-state index in [4.69, 9.17) is 4.74 Å². The molecular weight excluding hydrogens is 516 g/mol. The Labute approximate surface area is 222 Å². The predicted molar refractivity (Wildman–Crippen MR) is 139 cm³/mol. The molecule has 39 heavy (non-hydrogen) atoms. The van der Waals surface area contributed by atoms with Crippen molar-refractivity contribution in [2.24, 2.45) is 4.99 Å². The lowest BCUT2D eigenvalue weighted by Gasteiger charge is -2.45. The number of guanidine groups is 1. The molecule has 3 aromatic rings. The molecule has 2 aliphatic heterocycles. The number of benzene rings is 3. The molecule has 2 heterocycles. The topological polar surface area (TPSA) is 68.6 Å². The summed E-state index contributed by atoms with van der Waals surface area (Å²) >= 11 is 0. The van der Waals surface area contributed by atoms with Gasteiger partial charge in [0, 0.05) is 49.2 Å². The summed E-state index contributed by atoms with van der Waals surface area (Å²) in [5, 5.41) is 9.74. The van der Waals surface area contributed by atoms with Gasteiger partial charge in [0.15, 0.2) is 0 Å². The van der Waals surface area contributed by atoms with Crippen molar-refractivity contribution in [2.75, 3.05) is 43.1 Å². The second-order valence-corrected chi connectivity index (χ2v) is 9.29. The number of nitrogens with zero attached hydrogens (tertiary/aromatic N) is 4. The van der Waals surface area contributed by atoms with Crippen LogP contribution in [0.1, 0.15) is 23.6 Å². The summed E-state index contributed by atoms with van der Waals surface area (Å²) in [5.41, 5.74) is 0.876. The Morgan fingerprint density at radius 3 is 2.28 bits per heavy atom. The van der Waals surface area contributed by atoms with Crippen LogP contribution in [-0.4, -0.2) is 55.2 Å². The van der Waals surface area contributed by atoms with Gasteiger partial charge in [-0.3, -0.25) is 4.79 Å². The van der Waals surface area contributed by atoms with Gasteiger partial charge in [-0.15, -0.1) is 0 Å². The first kappa shape index (κ1) is 26.3. The number of hydrogen-bond acceptors (Lipinski definition) is 6. The van der Waals surface area contributed by atoms with Crippen molar-refractivity contribution in [1.82, 2.24) is 4.90 Å². The van der Waals surface area contributed by atoms with Crippen molar-refractivity contribution in [3.8, 4) is 5.75 Å². The van der Waals surface area contributed by atoms with Gasteiger partial charge < -0.3 is 24.5 Å². The van der Waals surface area contributed by atoms with Gasteiger partial charge >= 0.3 is 12.1 Å². The van der Waals surface area contributed by atoms with Crippen LogP contribution in [0.25, 0.3) is 0 Å². The standard InChI is InChI=1S/C28H26F4N4O3/c1-39-21-5-2-4-20(16-21)34-12-14-35(15-13-34)27-33-26-22(6-3-7-23(26)29)24(17-25(37)38)36(27)19-10-8-18(9-11-19)28(30,31)32/h2-11,16,24H,12-15,17H2,1H3,(H,37,38). The fraction of sp³-hybridized carbons (Fsp3) is 0.286. The number of anilines is 2. The molecule has 1 fully saturated rings. The number of halogens is 4. The van der Waals surface area contributed by atoms with E-state index in [1.807, 2.05) is 29.2 Å². The SMILES string of the molecule is COc1cccc(N2CCN(C3=Nc4c(F)cccc4C(CC(=O)O)N3c3ccc(C(F)(F)F)cc3)CC2)c1. The van der Waals surface area contributed by atoms with Gasteiger partial charge in [0.05, 0.1) is 25.1 Å². The first-order chi connectivity index (χ1) is 18.7. The van der Waals surface area contributed by atoms with Gasteiger partial charge in [-0.1, -0.05) is 18.2 Å². The van der Waals surface area contributed by atoms with Crippen molar-refractivity contribution in [2.45, 2.75) is 18.6 Å². The molecule has 1 N–H and O–H groups in total. The molecule has 1 unspecified atom stereocenters. The minimum absolute atomic E-state index is 0.0390. The number of para-hydroxylation sites is 1. The van der Waals surface area contributed by atoms with Crippen LogP contribution in [0.4, 0.5) is 34.6 Å². The molecule has 5 rings (SSSR count). The Morgan fingerprint density at radius 1 is 0.974 bits per heavy atom. The number of aliphatic imine (C=N–C) groups is 1. The number of carbonyl (C=O) groups is 1. The van der Waals surface area contributed by atoms with E-state index in [9.17, 15) is 27.5 Å². The van der Waals surface area contributed by atoms with Crippen LogP contribution in [0.5, 0.6) is 5.75 Å². The number of piperazine rings is 1. The van der Waals surface area contributed by atoms with Gasteiger partial charge in [-0.25, -0.2) is 9.38 Å². The Morgan fingerprint density at radius 2 is 1.64 bits per heavy atom. The number of hydrogen-bond donors (Lipinski definition) is 1. The number of carboxylic acids is 1. The molecule has 204 valence electrons. The summed E-state index contributed by atoms with van der Waals surface area (Å²) < 4.78 is 60.1. The van der Waals surface area contributed by atoms with Crippen molar-refractivity contribution >= 4 is 29.0 Å². The van der Waals surface area contributed by atoms with Crippen LogP contribution in [-0.2, 0) is 11.0 Å². The molecule has 1 saturated heterocycles. The zero-order valence-corrected chi connectivity index (χ0v) is 21.0. The molecule has 0 aliphatic carbocycles. The van der Waals surface area contributed by atoms with Crippen molar-refractivity contribution < 1.29 is 32.2 Å². The van der Waals surface area contributed by atoms with Crippen LogP contribution >= 0.6 is 0 Å². The van der Waals surface area contributed by atoms with Crippen molar-refractivity contribution in [1.29, 1.82) is 0 Å². The van der Waals surface area contributed by atoms with E-state index in [1.165, 1.54) is 24.3 Å². The number of carboxylic acid groups (broad SMARTS) is 1. The first-order valence-corrected chi connectivity index (χ1v) is 12.3. The number of methoxy groups -OCH3 is 1. The van der Waals surface area contributed by atoms with Gasteiger partial charge in [0.1, 0.15) is 17.3 Å². The van der Waals surface area contributed by atoms with Crippen LogP contribution in [0.2, 0.25) is 0 Å². The molecule has 1 atom stereocenters. The lowest BCUT2D eigenvalue weighted by molar-refractivity contribution is -0.138. The van der Waals surface area contributed by atoms with Gasteiger partial charge in [0.2, 0.25) is 5.96 Å². The highest BCUT2D eigenvalue weighted by Gasteiger charge is 2.38. The molecule has 0 bridgehead atoms. The molecule has 2 aliphatic rings. The van der Waals surface area contributed by atoms with Gasteiger partial charge in [-0.05, 0) is 42.5 Å². The van der Waals surface area contributed by atoms with E-state index in [2.05, 4.69) is 9.89 Å². The Bertz CT molecular complexity index is 1390. The minimum atomic E-state index is -4.52. The zero-order chi connectivity index (χ0) is 27.7. The normalized spacial score (nSPS) is 17.5. The molecule has 0 radical (unpaired) electrons. The molecule has 0 amide bonds. The number of alkyl halides is 3. The van der Waals surface area contributed by atoms with Crippen LogP contribution in [0.15, 0.2) is 71.7 Å². The third-order valence-electron chi connectivity index (χ3n) is 6.94. The maximum atomic E-state index is 15.0. The van der Waals surface area contributed by atoms with Gasteiger partial charge in [-0.2, -0.15) is 13.2 Å². The Kier molecular flexibility index (Phi) is 7.07. The first-order valence-electron chi connectivity index (χ1n) is 12.3. The van der Waals surface area contributed by atoms with Crippen molar-refractivity contribution in [3.63, 3.8) is 0 Å².